The maximum atomic E-state index is 12.0. The van der Waals surface area contributed by atoms with E-state index in [1.165, 1.54) is 4.31 Å². The average Bonchev–Trinajstić information content (AvgIpc) is 2.46. The highest BCUT2D eigenvalue weighted by Crippen LogP contribution is 2.11. The Kier molecular flexibility index (Phi) is 4.67. The van der Waals surface area contributed by atoms with Crippen LogP contribution in [0.1, 0.15) is 13.3 Å². The second-order valence-corrected chi connectivity index (χ2v) is 6.09. The molecule has 8 heteroatoms. The number of anilines is 1. The summed E-state index contributed by atoms with van der Waals surface area (Å²) in [5, 5.41) is 0. The Morgan fingerprint density at radius 3 is 2.42 bits per heavy atom. The zero-order chi connectivity index (χ0) is 13.7. The number of hydrogen-bond donors (Lipinski definition) is 1. The Labute approximate surface area is 113 Å². The van der Waals surface area contributed by atoms with Gasteiger partial charge in [0.2, 0.25) is 5.95 Å². The molecule has 0 spiro atoms. The van der Waals surface area contributed by atoms with E-state index in [2.05, 4.69) is 14.7 Å². The molecule has 1 aromatic heterocycles. The van der Waals surface area contributed by atoms with Gasteiger partial charge in [-0.3, -0.25) is 0 Å². The fourth-order valence-corrected chi connectivity index (χ4v) is 3.19. The number of nitrogens with zero attached hydrogens (tertiary/aromatic N) is 4. The van der Waals surface area contributed by atoms with Gasteiger partial charge >= 0.3 is 0 Å². The first-order valence-electron chi connectivity index (χ1n) is 6.40. The third-order valence-electron chi connectivity index (χ3n) is 2.95. The summed E-state index contributed by atoms with van der Waals surface area (Å²) in [7, 11) is -3.34. The summed E-state index contributed by atoms with van der Waals surface area (Å²) in [5.41, 5.74) is 0. The van der Waals surface area contributed by atoms with Crippen molar-refractivity contribution in [2.45, 2.75) is 13.3 Å². The van der Waals surface area contributed by atoms with Crippen LogP contribution in [0.4, 0.5) is 5.95 Å². The molecule has 0 saturated carbocycles. The summed E-state index contributed by atoms with van der Waals surface area (Å²) in [6, 6.07) is 1.76. The summed E-state index contributed by atoms with van der Waals surface area (Å²) in [6.45, 7) is 4.54. The predicted octanol–water partition coefficient (Wildman–Crippen LogP) is -0.157. The van der Waals surface area contributed by atoms with Crippen LogP contribution in [0, 0.1) is 0 Å². The summed E-state index contributed by atoms with van der Waals surface area (Å²) >= 11 is 0. The van der Waals surface area contributed by atoms with Crippen molar-refractivity contribution in [3.05, 3.63) is 18.5 Å². The lowest BCUT2D eigenvalue weighted by atomic mass is 10.4. The number of nitrogens with one attached hydrogen (secondary N) is 1. The summed E-state index contributed by atoms with van der Waals surface area (Å²) in [5.74, 6) is 0.654. The van der Waals surface area contributed by atoms with Crippen LogP contribution < -0.4 is 9.62 Å². The van der Waals surface area contributed by atoms with Gasteiger partial charge in [0.15, 0.2) is 0 Å². The largest absolute Gasteiger partial charge is 0.338 e. The molecule has 106 valence electrons. The molecule has 0 amide bonds. The molecule has 0 bridgehead atoms. The minimum absolute atomic E-state index is 0.456. The van der Waals surface area contributed by atoms with Crippen LogP contribution in [0.2, 0.25) is 0 Å². The van der Waals surface area contributed by atoms with Crippen molar-refractivity contribution in [2.75, 3.05) is 37.6 Å². The topological polar surface area (TPSA) is 78.4 Å². The highest BCUT2D eigenvalue weighted by atomic mass is 32.2. The van der Waals surface area contributed by atoms with Crippen molar-refractivity contribution < 1.29 is 8.42 Å². The van der Waals surface area contributed by atoms with Crippen LogP contribution in [0.3, 0.4) is 0 Å². The highest BCUT2D eigenvalue weighted by molar-refractivity contribution is 7.87. The maximum Gasteiger partial charge on any atom is 0.279 e. The molecule has 1 aliphatic heterocycles. The number of piperazine rings is 1. The van der Waals surface area contributed by atoms with Gasteiger partial charge in [-0.25, -0.2) is 14.7 Å². The Morgan fingerprint density at radius 1 is 1.21 bits per heavy atom. The molecule has 1 fully saturated rings. The van der Waals surface area contributed by atoms with E-state index in [1.54, 1.807) is 18.5 Å². The smallest absolute Gasteiger partial charge is 0.279 e. The van der Waals surface area contributed by atoms with Crippen LogP contribution in [0.15, 0.2) is 18.5 Å². The van der Waals surface area contributed by atoms with Crippen molar-refractivity contribution in [3.8, 4) is 0 Å². The first-order chi connectivity index (χ1) is 9.13. The normalized spacial score (nSPS) is 17.6. The van der Waals surface area contributed by atoms with Crippen LogP contribution in [-0.2, 0) is 10.2 Å². The van der Waals surface area contributed by atoms with Gasteiger partial charge in [0.1, 0.15) is 0 Å². The molecule has 19 heavy (non-hydrogen) atoms. The van der Waals surface area contributed by atoms with Crippen LogP contribution in [-0.4, -0.2) is 55.4 Å². The zero-order valence-corrected chi connectivity index (χ0v) is 11.8. The number of hydrogen-bond acceptors (Lipinski definition) is 5. The van der Waals surface area contributed by atoms with Crippen molar-refractivity contribution in [2.24, 2.45) is 0 Å². The molecule has 1 aromatic rings. The Bertz CT molecular complexity index is 485. The minimum Gasteiger partial charge on any atom is -0.338 e. The van der Waals surface area contributed by atoms with Crippen molar-refractivity contribution >= 4 is 16.2 Å². The van der Waals surface area contributed by atoms with Crippen molar-refractivity contribution in [1.82, 2.24) is 19.0 Å². The molecule has 0 aliphatic carbocycles. The lowest BCUT2D eigenvalue weighted by Crippen LogP contribution is -2.52. The van der Waals surface area contributed by atoms with E-state index < -0.39 is 10.2 Å². The van der Waals surface area contributed by atoms with Gasteiger partial charge in [-0.2, -0.15) is 12.7 Å². The van der Waals surface area contributed by atoms with Gasteiger partial charge < -0.3 is 4.90 Å². The van der Waals surface area contributed by atoms with Crippen LogP contribution >= 0.6 is 0 Å². The molecule has 1 aliphatic rings. The number of rotatable bonds is 5. The third kappa shape index (κ3) is 3.62. The van der Waals surface area contributed by atoms with E-state index in [-0.39, 0.29) is 0 Å². The summed E-state index contributed by atoms with van der Waals surface area (Å²) in [6.07, 6.45) is 4.17. The van der Waals surface area contributed by atoms with Crippen molar-refractivity contribution in [1.29, 1.82) is 0 Å². The fraction of sp³-hybridized carbons (Fsp3) is 0.636. The van der Waals surface area contributed by atoms with Gasteiger partial charge in [0, 0.05) is 45.1 Å². The SMILES string of the molecule is CCCNS(=O)(=O)N1CCN(c2ncccn2)CC1. The molecule has 2 heterocycles. The van der Waals surface area contributed by atoms with Gasteiger partial charge in [0.05, 0.1) is 0 Å². The van der Waals surface area contributed by atoms with E-state index in [1.807, 2.05) is 11.8 Å². The number of aromatic nitrogens is 2. The highest BCUT2D eigenvalue weighted by Gasteiger charge is 2.27. The Morgan fingerprint density at radius 2 is 1.84 bits per heavy atom. The lowest BCUT2D eigenvalue weighted by Gasteiger charge is -2.33. The minimum atomic E-state index is -3.34. The Balaban J connectivity index is 1.92. The van der Waals surface area contributed by atoms with E-state index in [0.29, 0.717) is 38.7 Å². The fourth-order valence-electron chi connectivity index (χ4n) is 1.91. The molecular weight excluding hydrogens is 266 g/mol. The van der Waals surface area contributed by atoms with Crippen molar-refractivity contribution in [3.63, 3.8) is 0 Å². The Hall–Kier alpha value is -1.25. The second-order valence-electron chi connectivity index (χ2n) is 4.33. The lowest BCUT2D eigenvalue weighted by molar-refractivity contribution is 0.376. The summed E-state index contributed by atoms with van der Waals surface area (Å²) < 4.78 is 28.0. The molecule has 0 unspecified atom stereocenters. The first kappa shape index (κ1) is 14.2. The molecule has 0 radical (unpaired) electrons. The van der Waals surface area contributed by atoms with Gasteiger partial charge in [-0.15, -0.1) is 0 Å². The molecule has 1 saturated heterocycles. The summed E-state index contributed by atoms with van der Waals surface area (Å²) in [4.78, 5) is 10.3. The maximum absolute atomic E-state index is 12.0. The van der Waals surface area contributed by atoms with Crippen LogP contribution in [0.5, 0.6) is 0 Å². The van der Waals surface area contributed by atoms with E-state index >= 15 is 0 Å². The van der Waals surface area contributed by atoms with E-state index in [0.717, 1.165) is 6.42 Å². The van der Waals surface area contributed by atoms with Gasteiger partial charge in [0.25, 0.3) is 10.2 Å². The third-order valence-corrected chi connectivity index (χ3v) is 4.56. The second kappa shape index (κ2) is 6.27. The molecular formula is C11H19N5O2S. The van der Waals surface area contributed by atoms with Gasteiger partial charge in [-0.1, -0.05) is 6.92 Å². The molecule has 0 atom stereocenters. The quantitative estimate of drug-likeness (QED) is 0.813. The predicted molar refractivity (Wildman–Crippen MR) is 73.0 cm³/mol. The molecule has 1 N–H and O–H groups in total. The van der Waals surface area contributed by atoms with E-state index in [4.69, 9.17) is 0 Å². The van der Waals surface area contributed by atoms with Crippen LogP contribution in [0.25, 0.3) is 0 Å². The zero-order valence-electron chi connectivity index (χ0n) is 11.0. The molecule has 0 aromatic carbocycles. The monoisotopic (exact) mass is 285 g/mol. The van der Waals surface area contributed by atoms with E-state index in [9.17, 15) is 8.42 Å². The average molecular weight is 285 g/mol. The molecule has 7 nitrogen and oxygen atoms in total. The first-order valence-corrected chi connectivity index (χ1v) is 7.84. The van der Waals surface area contributed by atoms with Gasteiger partial charge in [-0.05, 0) is 12.5 Å². The molecule has 2 rings (SSSR count). The standard InChI is InChI=1S/C11H19N5O2S/c1-2-4-14-19(17,18)16-9-7-15(8-10-16)11-12-5-3-6-13-11/h3,5-6,14H,2,4,7-10H2,1H3.